The van der Waals surface area contributed by atoms with E-state index >= 15 is 0 Å². The Balaban J connectivity index is 1.73. The molecule has 0 saturated heterocycles. The van der Waals surface area contributed by atoms with E-state index in [1.165, 1.54) is 0 Å². The topological polar surface area (TPSA) is 99.1 Å². The van der Waals surface area contributed by atoms with Gasteiger partial charge in [-0.15, -0.1) is 0 Å². The number of fused-ring (bicyclic) bond motifs is 1. The van der Waals surface area contributed by atoms with Crippen LogP contribution >= 0.6 is 0 Å². The van der Waals surface area contributed by atoms with E-state index in [0.29, 0.717) is 18.0 Å². The van der Waals surface area contributed by atoms with Crippen molar-refractivity contribution in [3.05, 3.63) is 59.9 Å². The summed E-state index contributed by atoms with van der Waals surface area (Å²) in [7, 11) is 1.65. The van der Waals surface area contributed by atoms with Crippen LogP contribution in [0.25, 0.3) is 22.0 Å². The Kier molecular flexibility index (Phi) is 5.03. The zero-order chi connectivity index (χ0) is 20.4. The zero-order valence-corrected chi connectivity index (χ0v) is 16.7. The van der Waals surface area contributed by atoms with Gasteiger partial charge < -0.3 is 20.3 Å². The van der Waals surface area contributed by atoms with Crippen molar-refractivity contribution in [3.8, 4) is 16.9 Å². The first-order valence-electron chi connectivity index (χ1n) is 9.41. The number of methoxy groups -OCH3 is 1. The highest BCUT2D eigenvalue weighted by Crippen LogP contribution is 2.40. The van der Waals surface area contributed by atoms with Gasteiger partial charge in [0.05, 0.1) is 41.5 Å². The molecule has 0 radical (unpaired) electrons. The Labute approximate surface area is 168 Å². The lowest BCUT2D eigenvalue weighted by molar-refractivity contribution is 0.393. The van der Waals surface area contributed by atoms with Gasteiger partial charge in [0.1, 0.15) is 11.5 Å². The second kappa shape index (κ2) is 7.79. The highest BCUT2D eigenvalue weighted by atomic mass is 16.5. The lowest BCUT2D eigenvalue weighted by Gasteiger charge is -2.15. The smallest absolute Gasteiger partial charge is 0.141 e. The molecule has 29 heavy (non-hydrogen) atoms. The molecule has 7 heteroatoms. The maximum atomic E-state index is 6.23. The molecule has 0 atom stereocenters. The van der Waals surface area contributed by atoms with Crippen LogP contribution in [0.4, 0.5) is 11.4 Å². The maximum absolute atomic E-state index is 6.23. The van der Waals surface area contributed by atoms with E-state index < -0.39 is 0 Å². The van der Waals surface area contributed by atoms with Crippen LogP contribution < -0.4 is 15.8 Å². The summed E-state index contributed by atoms with van der Waals surface area (Å²) in [4.78, 5) is 8.89. The van der Waals surface area contributed by atoms with E-state index in [4.69, 9.17) is 15.0 Å². The average Bonchev–Trinajstić information content (AvgIpc) is 3.07. The van der Waals surface area contributed by atoms with Crippen molar-refractivity contribution in [2.75, 3.05) is 24.7 Å². The molecule has 0 spiro atoms. The van der Waals surface area contributed by atoms with Gasteiger partial charge in [0, 0.05) is 35.8 Å². The van der Waals surface area contributed by atoms with Gasteiger partial charge in [-0.1, -0.05) is 11.2 Å². The van der Waals surface area contributed by atoms with E-state index in [2.05, 4.69) is 20.4 Å². The number of nitrogens with zero attached hydrogens (tertiary/aromatic N) is 3. The van der Waals surface area contributed by atoms with Crippen molar-refractivity contribution in [2.24, 2.45) is 0 Å². The first-order chi connectivity index (χ1) is 14.1. The Morgan fingerprint density at radius 2 is 2.03 bits per heavy atom. The van der Waals surface area contributed by atoms with Crippen LogP contribution in [0.15, 0.2) is 47.2 Å². The standard InChI is InChI=1S/C22H23N5O2/c1-13-21(14(2)29-27-13)17-10-19-16(11-20(17)28-3)22(18(23)12-26-19)25-9-7-15-6-4-5-8-24-15/h4-6,8,10-12H,7,9,23H2,1-3H3,(H,25,26). The van der Waals surface area contributed by atoms with Crippen molar-refractivity contribution in [2.45, 2.75) is 20.3 Å². The van der Waals surface area contributed by atoms with E-state index in [1.54, 1.807) is 19.5 Å². The number of ether oxygens (including phenoxy) is 1. The van der Waals surface area contributed by atoms with E-state index in [1.807, 2.05) is 44.2 Å². The van der Waals surface area contributed by atoms with Gasteiger partial charge in [0.2, 0.25) is 0 Å². The quantitative estimate of drug-likeness (QED) is 0.511. The van der Waals surface area contributed by atoms with Crippen LogP contribution in [0.2, 0.25) is 0 Å². The van der Waals surface area contributed by atoms with Crippen molar-refractivity contribution in [1.29, 1.82) is 0 Å². The van der Waals surface area contributed by atoms with Gasteiger partial charge in [0.15, 0.2) is 0 Å². The molecule has 0 fully saturated rings. The SMILES string of the molecule is COc1cc2c(NCCc3ccccn3)c(N)cnc2cc1-c1c(C)noc1C. The number of aryl methyl sites for hydroxylation is 2. The summed E-state index contributed by atoms with van der Waals surface area (Å²) in [5.74, 6) is 1.45. The molecule has 0 aliphatic rings. The van der Waals surface area contributed by atoms with Gasteiger partial charge >= 0.3 is 0 Å². The summed E-state index contributed by atoms with van der Waals surface area (Å²) in [6, 6.07) is 9.86. The molecule has 0 saturated carbocycles. The fourth-order valence-electron chi connectivity index (χ4n) is 3.53. The summed E-state index contributed by atoms with van der Waals surface area (Å²) >= 11 is 0. The summed E-state index contributed by atoms with van der Waals surface area (Å²) < 4.78 is 11.0. The minimum Gasteiger partial charge on any atom is -0.496 e. The highest BCUT2D eigenvalue weighted by Gasteiger charge is 2.19. The van der Waals surface area contributed by atoms with Crippen LogP contribution in [0, 0.1) is 13.8 Å². The van der Waals surface area contributed by atoms with E-state index in [-0.39, 0.29) is 0 Å². The number of nitrogen functional groups attached to an aromatic ring is 1. The molecule has 4 aromatic rings. The fourth-order valence-corrected chi connectivity index (χ4v) is 3.53. The monoisotopic (exact) mass is 389 g/mol. The van der Waals surface area contributed by atoms with Crippen LogP contribution in [-0.2, 0) is 6.42 Å². The number of hydrogen-bond acceptors (Lipinski definition) is 7. The number of rotatable bonds is 6. The maximum Gasteiger partial charge on any atom is 0.141 e. The van der Waals surface area contributed by atoms with Gasteiger partial charge in [0.25, 0.3) is 0 Å². The third-order valence-electron chi connectivity index (χ3n) is 4.93. The van der Waals surface area contributed by atoms with Gasteiger partial charge in [-0.25, -0.2) is 0 Å². The number of hydrogen-bond donors (Lipinski definition) is 2. The van der Waals surface area contributed by atoms with Crippen LogP contribution in [0.3, 0.4) is 0 Å². The molecule has 4 rings (SSSR count). The second-order valence-electron chi connectivity index (χ2n) is 6.86. The van der Waals surface area contributed by atoms with Crippen LogP contribution in [0.5, 0.6) is 5.75 Å². The highest BCUT2D eigenvalue weighted by molar-refractivity contribution is 6.00. The van der Waals surface area contributed by atoms with E-state index in [9.17, 15) is 0 Å². The summed E-state index contributed by atoms with van der Waals surface area (Å²) in [5.41, 5.74) is 12.1. The van der Waals surface area contributed by atoms with Crippen LogP contribution in [-0.4, -0.2) is 28.8 Å². The molecule has 3 N–H and O–H groups in total. The number of nitrogens with two attached hydrogens (primary N) is 1. The number of anilines is 2. The van der Waals surface area contributed by atoms with Gasteiger partial charge in [-0.05, 0) is 38.1 Å². The lowest BCUT2D eigenvalue weighted by atomic mass is 10.00. The first kappa shape index (κ1) is 18.7. The molecular weight excluding hydrogens is 366 g/mol. The molecular formula is C22H23N5O2. The predicted molar refractivity (Wildman–Crippen MR) is 114 cm³/mol. The molecule has 0 aliphatic heterocycles. The van der Waals surface area contributed by atoms with E-state index in [0.717, 1.165) is 51.3 Å². The van der Waals surface area contributed by atoms with Gasteiger partial charge in [-0.3, -0.25) is 9.97 Å². The molecule has 0 amide bonds. The predicted octanol–water partition coefficient (Wildman–Crippen LogP) is 4.15. The Hall–Kier alpha value is -3.61. The Morgan fingerprint density at radius 3 is 2.72 bits per heavy atom. The third-order valence-corrected chi connectivity index (χ3v) is 4.93. The van der Waals surface area contributed by atoms with Crippen molar-refractivity contribution in [3.63, 3.8) is 0 Å². The largest absolute Gasteiger partial charge is 0.496 e. The summed E-state index contributed by atoms with van der Waals surface area (Å²) in [6.45, 7) is 4.50. The summed E-state index contributed by atoms with van der Waals surface area (Å²) in [6.07, 6.45) is 4.26. The first-order valence-corrected chi connectivity index (χ1v) is 9.41. The lowest BCUT2D eigenvalue weighted by Crippen LogP contribution is -2.09. The molecule has 0 unspecified atom stereocenters. The molecule has 3 heterocycles. The normalized spacial score (nSPS) is 11.0. The van der Waals surface area contributed by atoms with Crippen molar-refractivity contribution >= 4 is 22.3 Å². The van der Waals surface area contributed by atoms with Crippen molar-refractivity contribution in [1.82, 2.24) is 15.1 Å². The number of nitrogens with one attached hydrogen (secondary N) is 1. The molecule has 148 valence electrons. The fraction of sp³-hybridized carbons (Fsp3) is 0.227. The number of benzene rings is 1. The molecule has 1 aromatic carbocycles. The second-order valence-corrected chi connectivity index (χ2v) is 6.86. The summed E-state index contributed by atoms with van der Waals surface area (Å²) in [5, 5.41) is 8.40. The van der Waals surface area contributed by atoms with Gasteiger partial charge in [-0.2, -0.15) is 0 Å². The minimum atomic E-state index is 0.589. The zero-order valence-electron chi connectivity index (χ0n) is 16.7. The third kappa shape index (κ3) is 3.59. The minimum absolute atomic E-state index is 0.589. The number of aromatic nitrogens is 3. The Morgan fingerprint density at radius 1 is 1.17 bits per heavy atom. The molecule has 3 aromatic heterocycles. The molecule has 0 bridgehead atoms. The molecule has 7 nitrogen and oxygen atoms in total. The molecule has 0 aliphatic carbocycles. The van der Waals surface area contributed by atoms with Crippen LogP contribution in [0.1, 0.15) is 17.1 Å². The Bertz CT molecular complexity index is 1140. The number of pyridine rings is 2. The van der Waals surface area contributed by atoms with Crippen molar-refractivity contribution < 1.29 is 9.26 Å². The average molecular weight is 389 g/mol.